The number of benzene rings is 2. The number of aromatic nitrogens is 1. The Hall–Kier alpha value is -3.91. The van der Waals surface area contributed by atoms with Crippen LogP contribution in [0.1, 0.15) is 32.5 Å². The van der Waals surface area contributed by atoms with E-state index in [1.54, 1.807) is 12.1 Å². The first-order valence-corrected chi connectivity index (χ1v) is 10.7. The van der Waals surface area contributed by atoms with Crippen LogP contribution in [0.15, 0.2) is 48.5 Å². The van der Waals surface area contributed by atoms with Crippen molar-refractivity contribution in [1.29, 1.82) is 0 Å². The van der Waals surface area contributed by atoms with Gasteiger partial charge in [-0.3, -0.25) is 9.59 Å². The van der Waals surface area contributed by atoms with Gasteiger partial charge < -0.3 is 20.5 Å². The van der Waals surface area contributed by atoms with Gasteiger partial charge in [-0.15, -0.1) is 11.3 Å². The number of nitrogens with zero attached hydrogens (tertiary/aromatic N) is 1. The van der Waals surface area contributed by atoms with Gasteiger partial charge in [0.1, 0.15) is 9.71 Å². The molecule has 2 aromatic carbocycles. The molecule has 2 aromatic heterocycles. The molecule has 0 unspecified atom stereocenters. The van der Waals surface area contributed by atoms with Gasteiger partial charge in [0.25, 0.3) is 5.91 Å². The maximum Gasteiger partial charge on any atom is 0.267 e. The van der Waals surface area contributed by atoms with Gasteiger partial charge in [-0.05, 0) is 32.0 Å². The molecule has 0 aliphatic carbocycles. The molecule has 1 amide bonds. The third-order valence-corrected chi connectivity index (χ3v) is 6.40. The lowest BCUT2D eigenvalue weighted by Gasteiger charge is -2.10. The maximum absolute atomic E-state index is 13.1. The van der Waals surface area contributed by atoms with E-state index in [4.69, 9.17) is 20.2 Å². The molecule has 3 heterocycles. The number of fused-ring (bicyclic) bond motifs is 2. The van der Waals surface area contributed by atoms with Crippen LogP contribution in [-0.4, -0.2) is 23.5 Å². The highest BCUT2D eigenvalue weighted by molar-refractivity contribution is 7.21. The first kappa shape index (κ1) is 20.0. The van der Waals surface area contributed by atoms with Crippen molar-refractivity contribution >= 4 is 44.6 Å². The lowest BCUT2D eigenvalue weighted by atomic mass is 10.1. The number of rotatable bonds is 4. The summed E-state index contributed by atoms with van der Waals surface area (Å²) >= 11 is 1.21. The number of nitrogens with two attached hydrogens (primary N) is 1. The number of nitrogen functional groups attached to an aromatic ring is 1. The number of ether oxygens (including phenoxy) is 2. The number of amides is 1. The van der Waals surface area contributed by atoms with Crippen LogP contribution in [0.5, 0.6) is 11.5 Å². The van der Waals surface area contributed by atoms with E-state index in [-0.39, 0.29) is 12.6 Å². The number of carbonyl (C=O) groups is 2. The summed E-state index contributed by atoms with van der Waals surface area (Å²) in [5, 5.41) is 3.52. The van der Waals surface area contributed by atoms with Crippen LogP contribution in [0, 0.1) is 6.92 Å². The molecule has 0 radical (unpaired) electrons. The molecule has 4 aromatic rings. The number of Topliss-reactive ketones (excluding diaryl/α,β-unsaturated/α-hetero) is 1. The molecule has 0 saturated heterocycles. The second-order valence-corrected chi connectivity index (χ2v) is 8.52. The lowest BCUT2D eigenvalue weighted by molar-refractivity contribution is 0.101. The zero-order chi connectivity index (χ0) is 22.4. The molecule has 3 N–H and O–H groups in total. The summed E-state index contributed by atoms with van der Waals surface area (Å²) in [7, 11) is 0. The van der Waals surface area contributed by atoms with Gasteiger partial charge in [-0.25, -0.2) is 4.98 Å². The number of pyridine rings is 1. The molecule has 0 fully saturated rings. The zero-order valence-corrected chi connectivity index (χ0v) is 18.2. The van der Waals surface area contributed by atoms with Crippen LogP contribution in [-0.2, 0) is 0 Å². The number of anilines is 2. The molecule has 7 nitrogen and oxygen atoms in total. The molecule has 32 heavy (non-hydrogen) atoms. The van der Waals surface area contributed by atoms with E-state index in [9.17, 15) is 9.59 Å². The van der Waals surface area contributed by atoms with E-state index in [1.807, 2.05) is 43.3 Å². The molecule has 1 aliphatic rings. The topological polar surface area (TPSA) is 104 Å². The Bertz CT molecular complexity index is 1390. The first-order chi connectivity index (χ1) is 15.4. The summed E-state index contributed by atoms with van der Waals surface area (Å²) < 4.78 is 10.7. The monoisotopic (exact) mass is 445 g/mol. The van der Waals surface area contributed by atoms with Gasteiger partial charge in [0.2, 0.25) is 6.79 Å². The van der Waals surface area contributed by atoms with E-state index in [1.165, 1.54) is 23.8 Å². The maximum atomic E-state index is 13.1. The number of aryl methyl sites for hydroxylation is 1. The van der Waals surface area contributed by atoms with E-state index in [2.05, 4.69) is 5.32 Å². The lowest BCUT2D eigenvalue weighted by Crippen LogP contribution is -2.14. The summed E-state index contributed by atoms with van der Waals surface area (Å²) in [6.45, 7) is 3.53. The third-order valence-electron chi connectivity index (χ3n) is 5.29. The molecule has 0 bridgehead atoms. The number of carbonyl (C=O) groups excluding carboxylic acids is 2. The number of thiophene rings is 1. The smallest absolute Gasteiger partial charge is 0.267 e. The third kappa shape index (κ3) is 3.44. The Morgan fingerprint density at radius 3 is 2.50 bits per heavy atom. The van der Waals surface area contributed by atoms with Crippen LogP contribution in [0.4, 0.5) is 11.4 Å². The average molecular weight is 446 g/mol. The quantitative estimate of drug-likeness (QED) is 0.427. The minimum atomic E-state index is -0.413. The second-order valence-electron chi connectivity index (χ2n) is 7.52. The van der Waals surface area contributed by atoms with Crippen molar-refractivity contribution in [1.82, 2.24) is 4.98 Å². The van der Waals surface area contributed by atoms with Crippen LogP contribution in [0.3, 0.4) is 0 Å². The highest BCUT2D eigenvalue weighted by Gasteiger charge is 2.23. The SMILES string of the molecule is CC(=O)c1cc2c(cc1NC(=O)c1sc3nc(-c4ccc(C)cc4)ccc3c1N)OCO2. The normalized spacial score (nSPS) is 12.2. The molecular weight excluding hydrogens is 426 g/mol. The van der Waals surface area contributed by atoms with Crippen LogP contribution >= 0.6 is 11.3 Å². The molecule has 1 aliphatic heterocycles. The molecule has 0 saturated carbocycles. The number of ketones is 1. The number of hydrogen-bond acceptors (Lipinski definition) is 7. The van der Waals surface area contributed by atoms with Crippen LogP contribution < -0.4 is 20.5 Å². The second kappa shape index (κ2) is 7.65. The number of nitrogens with one attached hydrogen (secondary N) is 1. The van der Waals surface area contributed by atoms with Crippen molar-refractivity contribution in [3.63, 3.8) is 0 Å². The Morgan fingerprint density at radius 2 is 1.78 bits per heavy atom. The molecule has 0 spiro atoms. The Morgan fingerprint density at radius 1 is 1.06 bits per heavy atom. The Labute approximate surface area is 187 Å². The molecule has 160 valence electrons. The van der Waals surface area contributed by atoms with Crippen molar-refractivity contribution in [3.05, 3.63) is 64.5 Å². The summed E-state index contributed by atoms with van der Waals surface area (Å²) in [5.74, 6) is 0.331. The molecule has 8 heteroatoms. The van der Waals surface area contributed by atoms with Crippen LogP contribution in [0.25, 0.3) is 21.5 Å². The summed E-state index contributed by atoms with van der Waals surface area (Å²) in [6, 6.07) is 15.0. The molecule has 5 rings (SSSR count). The highest BCUT2D eigenvalue weighted by Crippen LogP contribution is 2.39. The largest absolute Gasteiger partial charge is 0.454 e. The van der Waals surface area contributed by atoms with E-state index in [0.717, 1.165) is 11.3 Å². The average Bonchev–Trinajstić information content (AvgIpc) is 3.37. The zero-order valence-electron chi connectivity index (χ0n) is 17.4. The highest BCUT2D eigenvalue weighted by atomic mass is 32.1. The molecular formula is C24H19N3O4S. The predicted octanol–water partition coefficient (Wildman–Crippen LogP) is 5.04. The summed E-state index contributed by atoms with van der Waals surface area (Å²) in [5.41, 5.74) is 10.3. The fraction of sp³-hybridized carbons (Fsp3) is 0.125. The predicted molar refractivity (Wildman–Crippen MR) is 125 cm³/mol. The molecule has 0 atom stereocenters. The standard InChI is InChI=1S/C24H19N3O4S/c1-12-3-5-14(6-4-12)17-8-7-15-21(25)22(32-24(15)27-17)23(29)26-18-10-20-19(30-11-31-20)9-16(18)13(2)28/h3-10H,11,25H2,1-2H3,(H,26,29). The summed E-state index contributed by atoms with van der Waals surface area (Å²) in [4.78, 5) is 30.9. The fourth-order valence-electron chi connectivity index (χ4n) is 3.57. The van der Waals surface area contributed by atoms with E-state index < -0.39 is 5.91 Å². The van der Waals surface area contributed by atoms with Gasteiger partial charge in [-0.2, -0.15) is 0 Å². The van der Waals surface area contributed by atoms with Crippen LogP contribution in [0.2, 0.25) is 0 Å². The van der Waals surface area contributed by atoms with Crippen molar-refractivity contribution in [2.75, 3.05) is 17.8 Å². The fourth-order valence-corrected chi connectivity index (χ4v) is 4.56. The van der Waals surface area contributed by atoms with Crippen molar-refractivity contribution < 1.29 is 19.1 Å². The minimum absolute atomic E-state index is 0.0718. The van der Waals surface area contributed by atoms with Crippen molar-refractivity contribution in [3.8, 4) is 22.8 Å². The van der Waals surface area contributed by atoms with Gasteiger partial charge in [0.05, 0.1) is 17.1 Å². The number of hydrogen-bond donors (Lipinski definition) is 2. The van der Waals surface area contributed by atoms with Gasteiger partial charge in [0.15, 0.2) is 17.3 Å². The Kier molecular flexibility index (Phi) is 4.79. The van der Waals surface area contributed by atoms with E-state index >= 15 is 0 Å². The Balaban J connectivity index is 1.50. The van der Waals surface area contributed by atoms with Gasteiger partial charge in [-0.1, -0.05) is 29.8 Å². The minimum Gasteiger partial charge on any atom is -0.454 e. The van der Waals surface area contributed by atoms with Crippen molar-refractivity contribution in [2.45, 2.75) is 13.8 Å². The van der Waals surface area contributed by atoms with Gasteiger partial charge in [0, 0.05) is 22.6 Å². The van der Waals surface area contributed by atoms with Crippen molar-refractivity contribution in [2.24, 2.45) is 0 Å². The van der Waals surface area contributed by atoms with Gasteiger partial charge >= 0.3 is 0 Å². The first-order valence-electron chi connectivity index (χ1n) is 9.92. The summed E-state index contributed by atoms with van der Waals surface area (Å²) in [6.07, 6.45) is 0. The van der Waals surface area contributed by atoms with E-state index in [0.29, 0.717) is 43.5 Å².